The monoisotopic (exact) mass is 350 g/mol. The number of fused-ring (bicyclic) bond motifs is 1. The van der Waals surface area contributed by atoms with Gasteiger partial charge in [0.25, 0.3) is 0 Å². The molecule has 0 N–H and O–H groups in total. The molecule has 0 unspecified atom stereocenters. The van der Waals surface area contributed by atoms with Gasteiger partial charge < -0.3 is 0 Å². The van der Waals surface area contributed by atoms with Crippen molar-refractivity contribution < 1.29 is 0 Å². The first-order valence-corrected chi connectivity index (χ1v) is 9.71. The van der Waals surface area contributed by atoms with Crippen LogP contribution in [0.1, 0.15) is 40.1 Å². The van der Waals surface area contributed by atoms with E-state index in [1.165, 1.54) is 40.1 Å². The fraction of sp³-hybridized carbons (Fsp3) is 0.350. The predicted molar refractivity (Wildman–Crippen MR) is 101 cm³/mol. The summed E-state index contributed by atoms with van der Waals surface area (Å²) in [5, 5.41) is 14.5. The largest absolute Gasteiger partial charge is 0.217 e. The van der Waals surface area contributed by atoms with Gasteiger partial charge in [0.1, 0.15) is 5.03 Å². The van der Waals surface area contributed by atoms with Crippen LogP contribution in [0.5, 0.6) is 0 Å². The molecule has 5 heteroatoms. The Bertz CT molecular complexity index is 912. The molecule has 2 heterocycles. The summed E-state index contributed by atoms with van der Waals surface area (Å²) in [5.41, 5.74) is 7.82. The number of nitrogens with zero attached hydrogens (tertiary/aromatic N) is 4. The van der Waals surface area contributed by atoms with Gasteiger partial charge in [0.15, 0.2) is 5.82 Å². The maximum absolute atomic E-state index is 4.71. The zero-order valence-electron chi connectivity index (χ0n) is 14.9. The number of thioether (sulfide) groups is 1. The quantitative estimate of drug-likeness (QED) is 0.656. The first-order chi connectivity index (χ1) is 12.1. The van der Waals surface area contributed by atoms with Gasteiger partial charge in [-0.3, -0.25) is 0 Å². The van der Waals surface area contributed by atoms with Crippen molar-refractivity contribution in [3.05, 3.63) is 64.0 Å². The molecule has 25 heavy (non-hydrogen) atoms. The minimum absolute atomic E-state index is 0.808. The second-order valence-electron chi connectivity index (χ2n) is 6.72. The van der Waals surface area contributed by atoms with Gasteiger partial charge in [-0.15, -0.1) is 10.2 Å². The molecule has 0 atom stereocenters. The Kier molecular flexibility index (Phi) is 4.34. The van der Waals surface area contributed by atoms with E-state index < -0.39 is 0 Å². The normalized spacial score (nSPS) is 13.2. The minimum atomic E-state index is 0.808. The van der Waals surface area contributed by atoms with E-state index in [1.54, 1.807) is 11.8 Å². The smallest absolute Gasteiger partial charge is 0.176 e. The van der Waals surface area contributed by atoms with Crippen molar-refractivity contribution in [1.29, 1.82) is 0 Å². The van der Waals surface area contributed by atoms with Crippen LogP contribution in [0.15, 0.2) is 35.4 Å². The van der Waals surface area contributed by atoms with Crippen LogP contribution in [0.3, 0.4) is 0 Å². The summed E-state index contributed by atoms with van der Waals surface area (Å²) in [6.07, 6.45) is 3.44. The van der Waals surface area contributed by atoms with Gasteiger partial charge >= 0.3 is 0 Å². The third-order valence-electron chi connectivity index (χ3n) is 4.88. The topological polar surface area (TPSA) is 43.6 Å². The first-order valence-electron chi connectivity index (χ1n) is 8.72. The average Bonchev–Trinajstić information content (AvgIpc) is 3.18. The first kappa shape index (κ1) is 16.3. The van der Waals surface area contributed by atoms with Crippen LogP contribution in [0.4, 0.5) is 0 Å². The molecule has 3 aromatic rings. The van der Waals surface area contributed by atoms with E-state index in [2.05, 4.69) is 49.2 Å². The molecule has 0 amide bonds. The van der Waals surface area contributed by atoms with Gasteiger partial charge in [-0.05, 0) is 68.9 Å². The summed E-state index contributed by atoms with van der Waals surface area (Å²) in [7, 11) is 0. The van der Waals surface area contributed by atoms with Gasteiger partial charge in [0, 0.05) is 11.4 Å². The van der Waals surface area contributed by atoms with Crippen molar-refractivity contribution in [2.75, 3.05) is 0 Å². The number of rotatable bonds is 4. The fourth-order valence-corrected chi connectivity index (χ4v) is 4.33. The van der Waals surface area contributed by atoms with Crippen LogP contribution in [0.25, 0.3) is 5.82 Å². The highest BCUT2D eigenvalue weighted by molar-refractivity contribution is 7.98. The molecule has 0 saturated heterocycles. The maximum atomic E-state index is 4.71. The zero-order chi connectivity index (χ0) is 17.4. The molecule has 0 aliphatic heterocycles. The van der Waals surface area contributed by atoms with Gasteiger partial charge in [-0.1, -0.05) is 35.5 Å². The van der Waals surface area contributed by atoms with E-state index in [0.717, 1.165) is 29.4 Å². The Labute approximate surface area is 152 Å². The highest BCUT2D eigenvalue weighted by atomic mass is 32.2. The number of hydrogen-bond donors (Lipinski definition) is 0. The average molecular weight is 350 g/mol. The van der Waals surface area contributed by atoms with E-state index in [0.29, 0.717) is 0 Å². The lowest BCUT2D eigenvalue weighted by atomic mass is 10.1. The van der Waals surface area contributed by atoms with Crippen LogP contribution in [-0.4, -0.2) is 20.0 Å². The second kappa shape index (κ2) is 6.64. The van der Waals surface area contributed by atoms with Crippen molar-refractivity contribution in [2.24, 2.45) is 0 Å². The molecule has 0 radical (unpaired) electrons. The number of aryl methyl sites for hydroxylation is 3. The van der Waals surface area contributed by atoms with E-state index in [4.69, 9.17) is 5.10 Å². The lowest BCUT2D eigenvalue weighted by molar-refractivity contribution is 0.738. The van der Waals surface area contributed by atoms with E-state index >= 15 is 0 Å². The molecular formula is C20H22N4S. The number of aromatic nitrogens is 4. The molecule has 1 aliphatic carbocycles. The van der Waals surface area contributed by atoms with Crippen LogP contribution in [0, 0.1) is 20.8 Å². The molecule has 2 aromatic heterocycles. The summed E-state index contributed by atoms with van der Waals surface area (Å²) in [4.78, 5) is 0. The van der Waals surface area contributed by atoms with Crippen molar-refractivity contribution in [2.45, 2.75) is 50.8 Å². The minimum Gasteiger partial charge on any atom is -0.217 e. The standard InChI is InChI=1S/C20H22N4S/c1-13-7-8-16(14(2)11-13)12-25-20-10-9-19(21-22-20)24-15(3)17-5-4-6-18(17)23-24/h7-11H,4-6,12H2,1-3H3. The molecule has 0 spiro atoms. The fourth-order valence-electron chi connectivity index (χ4n) is 3.44. The Hall–Kier alpha value is -2.14. The molecule has 4 rings (SSSR count). The Morgan fingerprint density at radius 1 is 1.04 bits per heavy atom. The Balaban J connectivity index is 1.49. The molecular weight excluding hydrogens is 328 g/mol. The third-order valence-corrected chi connectivity index (χ3v) is 5.85. The van der Waals surface area contributed by atoms with Crippen molar-refractivity contribution in [3.63, 3.8) is 0 Å². The predicted octanol–water partition coefficient (Wildman–Crippen LogP) is 4.37. The van der Waals surface area contributed by atoms with Gasteiger partial charge in [-0.2, -0.15) is 5.10 Å². The van der Waals surface area contributed by atoms with Crippen LogP contribution in [-0.2, 0) is 18.6 Å². The van der Waals surface area contributed by atoms with E-state index in [1.807, 2.05) is 16.8 Å². The molecule has 128 valence electrons. The SMILES string of the molecule is Cc1ccc(CSc2ccc(-n3nc4c(c3C)CCC4)nn2)c(C)c1. The highest BCUT2D eigenvalue weighted by Gasteiger charge is 2.20. The van der Waals surface area contributed by atoms with Gasteiger partial charge in [0.05, 0.1) is 5.69 Å². The van der Waals surface area contributed by atoms with Crippen molar-refractivity contribution in [1.82, 2.24) is 20.0 Å². The second-order valence-corrected chi connectivity index (χ2v) is 7.72. The Morgan fingerprint density at radius 3 is 2.64 bits per heavy atom. The lowest BCUT2D eigenvalue weighted by Gasteiger charge is -2.07. The molecule has 1 aromatic carbocycles. The Morgan fingerprint density at radius 2 is 1.92 bits per heavy atom. The molecule has 4 nitrogen and oxygen atoms in total. The summed E-state index contributed by atoms with van der Waals surface area (Å²) >= 11 is 1.72. The summed E-state index contributed by atoms with van der Waals surface area (Å²) in [5.74, 6) is 1.72. The van der Waals surface area contributed by atoms with Crippen molar-refractivity contribution >= 4 is 11.8 Å². The van der Waals surface area contributed by atoms with Crippen LogP contribution in [0.2, 0.25) is 0 Å². The number of hydrogen-bond acceptors (Lipinski definition) is 4. The highest BCUT2D eigenvalue weighted by Crippen LogP contribution is 2.27. The van der Waals surface area contributed by atoms with E-state index in [9.17, 15) is 0 Å². The van der Waals surface area contributed by atoms with Crippen LogP contribution >= 0.6 is 11.8 Å². The van der Waals surface area contributed by atoms with Crippen molar-refractivity contribution in [3.8, 4) is 5.82 Å². The molecule has 0 fully saturated rings. The van der Waals surface area contributed by atoms with Gasteiger partial charge in [-0.25, -0.2) is 4.68 Å². The third kappa shape index (κ3) is 3.21. The molecule has 0 saturated carbocycles. The summed E-state index contributed by atoms with van der Waals surface area (Å²) in [6, 6.07) is 10.7. The van der Waals surface area contributed by atoms with Gasteiger partial charge in [0.2, 0.25) is 0 Å². The number of benzene rings is 1. The zero-order valence-corrected chi connectivity index (χ0v) is 15.7. The molecule has 1 aliphatic rings. The van der Waals surface area contributed by atoms with E-state index in [-0.39, 0.29) is 0 Å². The molecule has 0 bridgehead atoms. The maximum Gasteiger partial charge on any atom is 0.176 e. The lowest BCUT2D eigenvalue weighted by Crippen LogP contribution is -2.04. The summed E-state index contributed by atoms with van der Waals surface area (Å²) in [6.45, 7) is 6.42. The summed E-state index contributed by atoms with van der Waals surface area (Å²) < 4.78 is 1.94. The van der Waals surface area contributed by atoms with Crippen LogP contribution < -0.4 is 0 Å².